The van der Waals surface area contributed by atoms with E-state index >= 15 is 0 Å². The fraction of sp³-hybridized carbons (Fsp3) is 0.154. The zero-order chi connectivity index (χ0) is 23.5. The number of aromatic nitrogens is 5. The third-order valence-electron chi connectivity index (χ3n) is 5.85. The topological polar surface area (TPSA) is 88.5 Å². The molecule has 5 rings (SSSR count). The van der Waals surface area contributed by atoms with Gasteiger partial charge in [-0.05, 0) is 71.8 Å². The predicted molar refractivity (Wildman–Crippen MR) is 134 cm³/mol. The highest BCUT2D eigenvalue weighted by molar-refractivity contribution is 7.98. The number of nitrogens with one attached hydrogen (secondary N) is 2. The molecule has 0 bridgehead atoms. The molecule has 170 valence electrons. The van der Waals surface area contributed by atoms with Gasteiger partial charge in [0.2, 0.25) is 0 Å². The number of aryl methyl sites for hydroxylation is 2. The van der Waals surface area contributed by atoms with Crippen LogP contribution in [-0.2, 0) is 12.3 Å². The average Bonchev–Trinajstić information content (AvgIpc) is 3.46. The van der Waals surface area contributed by atoms with Gasteiger partial charge in [0.15, 0.2) is 5.82 Å². The predicted octanol–water partition coefficient (Wildman–Crippen LogP) is 4.98. The first-order chi connectivity index (χ1) is 16.6. The summed E-state index contributed by atoms with van der Waals surface area (Å²) < 4.78 is 1.72. The maximum atomic E-state index is 13.0. The number of hydrogen-bond acceptors (Lipinski definition) is 5. The Kier molecular flexibility index (Phi) is 6.14. The molecule has 1 amide bonds. The highest BCUT2D eigenvalue weighted by Crippen LogP contribution is 2.27. The lowest BCUT2D eigenvalue weighted by Crippen LogP contribution is -2.23. The van der Waals surface area contributed by atoms with Crippen LogP contribution in [0.2, 0.25) is 0 Å². The van der Waals surface area contributed by atoms with Crippen molar-refractivity contribution < 1.29 is 4.79 Å². The van der Waals surface area contributed by atoms with Crippen LogP contribution in [0.4, 0.5) is 0 Å². The van der Waals surface area contributed by atoms with E-state index in [1.165, 1.54) is 16.6 Å². The van der Waals surface area contributed by atoms with Crippen LogP contribution in [0, 0.1) is 13.8 Å². The minimum absolute atomic E-state index is 0.104. The summed E-state index contributed by atoms with van der Waals surface area (Å²) in [5.41, 5.74) is 6.13. The molecule has 0 saturated heterocycles. The van der Waals surface area contributed by atoms with Crippen LogP contribution in [0.15, 0.2) is 77.7 Å². The number of nitrogens with zero attached hydrogens (tertiary/aromatic N) is 4. The molecule has 0 fully saturated rings. The Morgan fingerprint density at radius 3 is 2.68 bits per heavy atom. The van der Waals surface area contributed by atoms with E-state index in [4.69, 9.17) is 0 Å². The van der Waals surface area contributed by atoms with Gasteiger partial charge in [-0.3, -0.25) is 4.79 Å². The number of hydrogen-bond donors (Lipinski definition) is 2. The summed E-state index contributed by atoms with van der Waals surface area (Å²) in [4.78, 5) is 17.3. The average molecular weight is 469 g/mol. The van der Waals surface area contributed by atoms with Crippen LogP contribution in [-0.4, -0.2) is 31.1 Å². The Balaban J connectivity index is 1.28. The summed E-state index contributed by atoms with van der Waals surface area (Å²) in [5.74, 6) is 1.15. The maximum Gasteiger partial charge on any atom is 0.252 e. The molecule has 8 heteroatoms. The van der Waals surface area contributed by atoms with E-state index in [0.29, 0.717) is 17.9 Å². The minimum Gasteiger partial charge on any atom is -0.358 e. The van der Waals surface area contributed by atoms with Gasteiger partial charge >= 0.3 is 0 Å². The highest BCUT2D eigenvalue weighted by atomic mass is 32.2. The van der Waals surface area contributed by atoms with Gasteiger partial charge < -0.3 is 10.3 Å². The Hall–Kier alpha value is -3.91. The second-order valence-electron chi connectivity index (χ2n) is 8.06. The van der Waals surface area contributed by atoms with Gasteiger partial charge in [-0.25, -0.2) is 0 Å². The van der Waals surface area contributed by atoms with Crippen molar-refractivity contribution in [3.8, 4) is 5.69 Å². The molecule has 0 aliphatic heterocycles. The third-order valence-corrected chi connectivity index (χ3v) is 6.92. The van der Waals surface area contributed by atoms with Crippen molar-refractivity contribution in [1.82, 2.24) is 30.5 Å². The lowest BCUT2D eigenvalue weighted by molar-refractivity contribution is 0.0948. The number of H-pyrrole nitrogens is 1. The molecule has 0 saturated carbocycles. The number of rotatable bonds is 7. The first kappa shape index (κ1) is 21.9. The fourth-order valence-corrected chi connectivity index (χ4v) is 4.84. The number of thioether (sulfide) groups is 1. The van der Waals surface area contributed by atoms with Crippen LogP contribution in [0.1, 0.15) is 33.0 Å². The molecule has 5 aromatic rings. The second kappa shape index (κ2) is 9.52. The molecule has 2 heterocycles. The summed E-state index contributed by atoms with van der Waals surface area (Å²) >= 11 is 1.54. The van der Waals surface area contributed by atoms with Crippen molar-refractivity contribution in [2.75, 3.05) is 0 Å². The van der Waals surface area contributed by atoms with Gasteiger partial charge in [0.1, 0.15) is 0 Å². The van der Waals surface area contributed by atoms with E-state index in [0.717, 1.165) is 27.5 Å². The summed E-state index contributed by atoms with van der Waals surface area (Å²) in [6.45, 7) is 4.64. The van der Waals surface area contributed by atoms with Gasteiger partial charge in [0, 0.05) is 28.0 Å². The number of aromatic amines is 1. The monoisotopic (exact) mass is 468 g/mol. The first-order valence-corrected chi connectivity index (χ1v) is 12.0. The zero-order valence-corrected chi connectivity index (χ0v) is 19.8. The standard InChI is InChI=1S/C26H24N6OS/c1-17-18(2)28-23-13-12-19(14-22(17)23)15-27-26(33)21-10-6-7-11-24(21)34-16-25-29-30-31-32(25)20-8-4-3-5-9-20/h3-14,28H,15-16H2,1-2H3,(H,27,33). The largest absolute Gasteiger partial charge is 0.358 e. The van der Waals surface area contributed by atoms with Crippen molar-refractivity contribution in [2.45, 2.75) is 31.0 Å². The van der Waals surface area contributed by atoms with E-state index in [-0.39, 0.29) is 5.91 Å². The summed E-state index contributed by atoms with van der Waals surface area (Å²) in [6, 6.07) is 23.6. The van der Waals surface area contributed by atoms with Gasteiger partial charge in [-0.2, -0.15) is 4.68 Å². The van der Waals surface area contributed by atoms with Gasteiger partial charge in [-0.1, -0.05) is 36.4 Å². The number of benzene rings is 3. The molecule has 0 aliphatic carbocycles. The van der Waals surface area contributed by atoms with Crippen LogP contribution in [0.5, 0.6) is 0 Å². The van der Waals surface area contributed by atoms with Gasteiger partial charge in [-0.15, -0.1) is 16.9 Å². The van der Waals surface area contributed by atoms with Gasteiger partial charge in [0.05, 0.1) is 17.0 Å². The van der Waals surface area contributed by atoms with Crippen molar-refractivity contribution in [1.29, 1.82) is 0 Å². The van der Waals surface area contributed by atoms with E-state index in [2.05, 4.69) is 51.8 Å². The molecule has 2 aromatic heterocycles. The molecule has 0 unspecified atom stereocenters. The van der Waals surface area contributed by atoms with Crippen molar-refractivity contribution >= 4 is 28.6 Å². The van der Waals surface area contributed by atoms with Crippen molar-refractivity contribution in [3.63, 3.8) is 0 Å². The van der Waals surface area contributed by atoms with Crippen LogP contribution in [0.25, 0.3) is 16.6 Å². The first-order valence-electron chi connectivity index (χ1n) is 11.0. The van der Waals surface area contributed by atoms with Crippen LogP contribution < -0.4 is 5.32 Å². The smallest absolute Gasteiger partial charge is 0.252 e. The molecule has 34 heavy (non-hydrogen) atoms. The lowest BCUT2D eigenvalue weighted by Gasteiger charge is -2.10. The number of carbonyl (C=O) groups is 1. The molecule has 3 aromatic carbocycles. The molecule has 0 atom stereocenters. The number of carbonyl (C=O) groups excluding carboxylic acids is 1. The normalized spacial score (nSPS) is 11.1. The SMILES string of the molecule is Cc1[nH]c2ccc(CNC(=O)c3ccccc3SCc3nnnn3-c3ccccc3)cc2c1C. The van der Waals surface area contributed by atoms with Gasteiger partial charge in [0.25, 0.3) is 5.91 Å². The molecule has 2 N–H and O–H groups in total. The van der Waals surface area contributed by atoms with Crippen LogP contribution in [0.3, 0.4) is 0 Å². The molecule has 0 radical (unpaired) electrons. The molecular weight excluding hydrogens is 444 g/mol. The zero-order valence-electron chi connectivity index (χ0n) is 18.9. The number of fused-ring (bicyclic) bond motifs is 1. The molecule has 0 spiro atoms. The second-order valence-corrected chi connectivity index (χ2v) is 9.08. The Bertz CT molecular complexity index is 1460. The third kappa shape index (κ3) is 4.45. The highest BCUT2D eigenvalue weighted by Gasteiger charge is 2.14. The van der Waals surface area contributed by atoms with Crippen molar-refractivity contribution in [2.24, 2.45) is 0 Å². The number of para-hydroxylation sites is 1. The summed E-state index contributed by atoms with van der Waals surface area (Å²) in [6.07, 6.45) is 0. The quantitative estimate of drug-likeness (QED) is 0.329. The van der Waals surface area contributed by atoms with E-state index in [9.17, 15) is 4.79 Å². The fourth-order valence-electron chi connectivity index (χ4n) is 3.88. The Labute approximate surface area is 201 Å². The van der Waals surface area contributed by atoms with E-state index < -0.39 is 0 Å². The van der Waals surface area contributed by atoms with Crippen molar-refractivity contribution in [3.05, 3.63) is 101 Å². The summed E-state index contributed by atoms with van der Waals surface area (Å²) in [7, 11) is 0. The lowest BCUT2D eigenvalue weighted by atomic mass is 10.1. The Morgan fingerprint density at radius 2 is 1.82 bits per heavy atom. The molecule has 0 aliphatic rings. The summed E-state index contributed by atoms with van der Waals surface area (Å²) in [5, 5.41) is 16.4. The van der Waals surface area contributed by atoms with Crippen LogP contribution >= 0.6 is 11.8 Å². The maximum absolute atomic E-state index is 13.0. The van der Waals surface area contributed by atoms with E-state index in [1.807, 2.05) is 60.7 Å². The molecular formula is C26H24N6OS. The Morgan fingerprint density at radius 1 is 1.03 bits per heavy atom. The number of tetrazole rings is 1. The molecule has 7 nitrogen and oxygen atoms in total. The van der Waals surface area contributed by atoms with E-state index in [1.54, 1.807) is 16.4 Å². The minimum atomic E-state index is -0.104. The number of amides is 1.